The van der Waals surface area contributed by atoms with E-state index in [2.05, 4.69) is 28.6 Å². The van der Waals surface area contributed by atoms with E-state index in [-0.39, 0.29) is 0 Å². The van der Waals surface area contributed by atoms with E-state index in [0.717, 1.165) is 16.7 Å². The highest BCUT2D eigenvalue weighted by Gasteiger charge is 2.07. The van der Waals surface area contributed by atoms with E-state index >= 15 is 0 Å². The predicted molar refractivity (Wildman–Crippen MR) is 73.1 cm³/mol. The number of para-hydroxylation sites is 1. The Morgan fingerprint density at radius 2 is 2.06 bits per heavy atom. The van der Waals surface area contributed by atoms with Crippen LogP contribution in [0.5, 0.6) is 5.75 Å². The van der Waals surface area contributed by atoms with Gasteiger partial charge in [0.15, 0.2) is 5.16 Å². The molecule has 0 bridgehead atoms. The highest BCUT2D eigenvalue weighted by atomic mass is 32.2. The second-order valence-electron chi connectivity index (χ2n) is 4.12. The third-order valence-electron chi connectivity index (χ3n) is 2.42. The maximum absolute atomic E-state index is 5.63. The van der Waals surface area contributed by atoms with E-state index in [1.165, 1.54) is 0 Å². The van der Waals surface area contributed by atoms with Gasteiger partial charge in [0, 0.05) is 11.8 Å². The first-order valence-electron chi connectivity index (χ1n) is 5.97. The molecule has 0 atom stereocenters. The molecule has 5 heteroatoms. The van der Waals surface area contributed by atoms with Crippen LogP contribution in [0.4, 0.5) is 0 Å². The topological polar surface area (TPSA) is 39.9 Å². The smallest absolute Gasteiger partial charge is 0.191 e. The highest BCUT2D eigenvalue weighted by molar-refractivity contribution is 7.99. The van der Waals surface area contributed by atoms with Gasteiger partial charge in [-0.15, -0.1) is 10.2 Å². The van der Waals surface area contributed by atoms with Crippen LogP contribution in [0.3, 0.4) is 0 Å². The summed E-state index contributed by atoms with van der Waals surface area (Å²) in [4.78, 5) is 0. The lowest BCUT2D eigenvalue weighted by Gasteiger charge is -2.09. The lowest BCUT2D eigenvalue weighted by molar-refractivity contribution is 0.343. The summed E-state index contributed by atoms with van der Waals surface area (Å²) in [6.07, 6.45) is 1.77. The summed E-state index contributed by atoms with van der Waals surface area (Å²) in [7, 11) is 0. The van der Waals surface area contributed by atoms with Crippen LogP contribution in [0.15, 0.2) is 41.8 Å². The summed E-state index contributed by atoms with van der Waals surface area (Å²) >= 11 is 1.67. The molecule has 0 radical (unpaired) electrons. The third kappa shape index (κ3) is 3.50. The molecule has 0 aliphatic heterocycles. The lowest BCUT2D eigenvalue weighted by Crippen LogP contribution is -2.04. The zero-order valence-electron chi connectivity index (χ0n) is 10.6. The van der Waals surface area contributed by atoms with E-state index in [0.29, 0.717) is 12.6 Å². The molecule has 4 nitrogen and oxygen atoms in total. The second-order valence-corrected chi connectivity index (χ2v) is 5.19. The van der Waals surface area contributed by atoms with Gasteiger partial charge < -0.3 is 9.30 Å². The molecule has 0 saturated heterocycles. The summed E-state index contributed by atoms with van der Waals surface area (Å²) in [5.41, 5.74) is 0. The molecule has 1 aromatic carbocycles. The second kappa shape index (κ2) is 6.44. The Morgan fingerprint density at radius 1 is 1.28 bits per heavy atom. The molecule has 0 unspecified atom stereocenters. The molecule has 0 N–H and O–H groups in total. The molecule has 18 heavy (non-hydrogen) atoms. The van der Waals surface area contributed by atoms with Gasteiger partial charge >= 0.3 is 0 Å². The SMILES string of the molecule is CC(C)n1cnnc1SCCOc1ccccc1. The predicted octanol–water partition coefficient (Wildman–Crippen LogP) is 3.03. The van der Waals surface area contributed by atoms with Gasteiger partial charge in [0.05, 0.1) is 6.61 Å². The quantitative estimate of drug-likeness (QED) is 0.593. The van der Waals surface area contributed by atoms with E-state index in [4.69, 9.17) is 4.74 Å². The molecule has 0 aliphatic rings. The fourth-order valence-corrected chi connectivity index (χ4v) is 2.36. The Bertz CT molecular complexity index is 470. The fraction of sp³-hybridized carbons (Fsp3) is 0.385. The average Bonchev–Trinajstić information content (AvgIpc) is 2.84. The van der Waals surface area contributed by atoms with E-state index in [1.807, 2.05) is 30.3 Å². The minimum absolute atomic E-state index is 0.387. The van der Waals surface area contributed by atoms with Crippen molar-refractivity contribution < 1.29 is 4.74 Å². The molecule has 0 amide bonds. The minimum atomic E-state index is 0.387. The summed E-state index contributed by atoms with van der Waals surface area (Å²) in [5, 5.41) is 8.98. The van der Waals surface area contributed by atoms with Crippen molar-refractivity contribution in [2.45, 2.75) is 25.0 Å². The first-order valence-corrected chi connectivity index (χ1v) is 6.96. The first-order chi connectivity index (χ1) is 8.77. The van der Waals surface area contributed by atoms with Crippen molar-refractivity contribution >= 4 is 11.8 Å². The molecular weight excluding hydrogens is 246 g/mol. The van der Waals surface area contributed by atoms with Crippen molar-refractivity contribution in [3.05, 3.63) is 36.7 Å². The minimum Gasteiger partial charge on any atom is -0.493 e. The summed E-state index contributed by atoms with van der Waals surface area (Å²) in [6.45, 7) is 4.90. The van der Waals surface area contributed by atoms with E-state index < -0.39 is 0 Å². The standard InChI is InChI=1S/C13H17N3OS/c1-11(2)16-10-14-15-13(16)18-9-8-17-12-6-4-3-5-7-12/h3-7,10-11H,8-9H2,1-2H3. The molecule has 1 aromatic heterocycles. The monoisotopic (exact) mass is 263 g/mol. The maximum atomic E-state index is 5.63. The van der Waals surface area contributed by atoms with Gasteiger partial charge in [-0.2, -0.15) is 0 Å². The molecule has 2 aromatic rings. The number of rotatable bonds is 6. The van der Waals surface area contributed by atoms with Crippen LogP contribution < -0.4 is 4.74 Å². The maximum Gasteiger partial charge on any atom is 0.191 e. The average molecular weight is 263 g/mol. The van der Waals surface area contributed by atoms with Gasteiger partial charge in [-0.25, -0.2) is 0 Å². The molecule has 0 spiro atoms. The molecule has 0 saturated carbocycles. The summed E-state index contributed by atoms with van der Waals surface area (Å²) in [6, 6.07) is 10.2. The van der Waals surface area contributed by atoms with Crippen molar-refractivity contribution in [1.82, 2.24) is 14.8 Å². The molecule has 1 heterocycles. The van der Waals surface area contributed by atoms with E-state index in [9.17, 15) is 0 Å². The van der Waals surface area contributed by atoms with Crippen molar-refractivity contribution in [3.63, 3.8) is 0 Å². The lowest BCUT2D eigenvalue weighted by atomic mass is 10.3. The number of nitrogens with zero attached hydrogens (tertiary/aromatic N) is 3. The molecular formula is C13H17N3OS. The number of benzene rings is 1. The van der Waals surface area contributed by atoms with Gasteiger partial charge in [0.1, 0.15) is 12.1 Å². The Hall–Kier alpha value is -1.49. The molecule has 0 fully saturated rings. The zero-order valence-corrected chi connectivity index (χ0v) is 11.4. The molecule has 0 aliphatic carbocycles. The van der Waals surface area contributed by atoms with Crippen LogP contribution in [0, 0.1) is 0 Å². The Morgan fingerprint density at radius 3 is 2.78 bits per heavy atom. The normalized spacial score (nSPS) is 10.8. The highest BCUT2D eigenvalue weighted by Crippen LogP contribution is 2.18. The van der Waals surface area contributed by atoms with Crippen molar-refractivity contribution in [3.8, 4) is 5.75 Å². The number of hydrogen-bond donors (Lipinski definition) is 0. The van der Waals surface area contributed by atoms with Crippen molar-refractivity contribution in [1.29, 1.82) is 0 Å². The van der Waals surface area contributed by atoms with Gasteiger partial charge in [0.25, 0.3) is 0 Å². The molecule has 96 valence electrons. The van der Waals surface area contributed by atoms with Crippen LogP contribution in [0.1, 0.15) is 19.9 Å². The van der Waals surface area contributed by atoms with Crippen molar-refractivity contribution in [2.75, 3.05) is 12.4 Å². The Kier molecular flexibility index (Phi) is 4.64. The fourth-order valence-electron chi connectivity index (χ4n) is 1.50. The number of hydrogen-bond acceptors (Lipinski definition) is 4. The zero-order chi connectivity index (χ0) is 12.8. The first kappa shape index (κ1) is 13.0. The summed E-state index contributed by atoms with van der Waals surface area (Å²) in [5.74, 6) is 1.77. The number of thioether (sulfide) groups is 1. The number of aromatic nitrogens is 3. The van der Waals surface area contributed by atoms with Gasteiger partial charge in [-0.3, -0.25) is 0 Å². The molecule has 2 rings (SSSR count). The van der Waals surface area contributed by atoms with Crippen LogP contribution >= 0.6 is 11.8 Å². The van der Waals surface area contributed by atoms with Crippen LogP contribution in [-0.2, 0) is 0 Å². The summed E-state index contributed by atoms with van der Waals surface area (Å²) < 4.78 is 7.69. The Labute approximate surface area is 111 Å². The van der Waals surface area contributed by atoms with Crippen LogP contribution in [0.2, 0.25) is 0 Å². The third-order valence-corrected chi connectivity index (χ3v) is 3.34. The van der Waals surface area contributed by atoms with Crippen molar-refractivity contribution in [2.24, 2.45) is 0 Å². The van der Waals surface area contributed by atoms with Gasteiger partial charge in [-0.05, 0) is 26.0 Å². The van der Waals surface area contributed by atoms with Crippen LogP contribution in [-0.4, -0.2) is 27.1 Å². The Balaban J connectivity index is 1.77. The largest absolute Gasteiger partial charge is 0.493 e. The van der Waals surface area contributed by atoms with E-state index in [1.54, 1.807) is 18.1 Å². The van der Waals surface area contributed by atoms with Gasteiger partial charge in [0.2, 0.25) is 0 Å². The van der Waals surface area contributed by atoms with Gasteiger partial charge in [-0.1, -0.05) is 30.0 Å². The number of ether oxygens (including phenoxy) is 1. The van der Waals surface area contributed by atoms with Crippen LogP contribution in [0.25, 0.3) is 0 Å².